The molecule has 18 nitrogen and oxygen atoms in total. The third kappa shape index (κ3) is 10.3. The van der Waals surface area contributed by atoms with E-state index in [1.54, 1.807) is 41.4 Å². The number of β-amino-alcohol motifs (C(OH)–C–C–N with tert-alkyl or cyclic N) is 1. The molecule has 0 aliphatic carbocycles. The van der Waals surface area contributed by atoms with Gasteiger partial charge in [-0.05, 0) is 75.5 Å². The lowest BCUT2D eigenvalue weighted by Crippen LogP contribution is -2.57. The highest BCUT2D eigenvalue weighted by molar-refractivity contribution is 7.13. The summed E-state index contributed by atoms with van der Waals surface area (Å²) < 4.78 is 29.9. The number of nitrogens with zero attached hydrogens (tertiary/aromatic N) is 9. The van der Waals surface area contributed by atoms with Gasteiger partial charge in [0.1, 0.15) is 24.5 Å². The van der Waals surface area contributed by atoms with Crippen LogP contribution in [0.15, 0.2) is 48.2 Å². The van der Waals surface area contributed by atoms with Crippen molar-refractivity contribution in [2.75, 3.05) is 44.3 Å². The fraction of sp³-hybridized carbons (Fsp3) is 0.569. The number of nitrogens with one attached hydrogen (secondary N) is 3. The number of fused-ring (bicyclic) bond motifs is 4. The van der Waals surface area contributed by atoms with E-state index >= 15 is 4.39 Å². The first-order valence-electron chi connectivity index (χ1n) is 25.0. The second-order valence-electron chi connectivity index (χ2n) is 21.3. The van der Waals surface area contributed by atoms with Gasteiger partial charge in [-0.25, -0.2) is 14.1 Å². The Hall–Kier alpha value is -5.83. The molecule has 5 saturated heterocycles. The van der Waals surface area contributed by atoms with E-state index in [9.17, 15) is 19.5 Å². The lowest BCUT2D eigenvalue weighted by molar-refractivity contribution is -0.144. The molecule has 1 aromatic carbocycles. The number of halogens is 1. The SMILES string of the molecule is Cc1ncsc1-c1ccc(CNC(=O)[C@H]2C[C@H](O)CN2C(=O)[C@H](NC(=O)CCOc2cn(CC3CC[C@@]4(COc5cc6c(F)c(C)ncc6c(N6CC7CCC(C6)N7)n5)CCCN34)nn2)C(C)(C)C)cc1. The molecule has 2 bridgehead atoms. The number of ether oxygens (including phenoxy) is 2. The number of aryl methyl sites for hydroxylation is 2. The van der Waals surface area contributed by atoms with Crippen LogP contribution in [0.2, 0.25) is 0 Å². The number of hydrogen-bond donors (Lipinski definition) is 4. The third-order valence-electron chi connectivity index (χ3n) is 15.2. The van der Waals surface area contributed by atoms with Crippen LogP contribution in [0.4, 0.5) is 10.2 Å². The van der Waals surface area contributed by atoms with Gasteiger partial charge in [-0.1, -0.05) is 55.3 Å². The molecule has 4 aromatic heterocycles. The average molecular weight is 993 g/mol. The van der Waals surface area contributed by atoms with Crippen LogP contribution >= 0.6 is 11.3 Å². The highest BCUT2D eigenvalue weighted by atomic mass is 32.1. The predicted molar refractivity (Wildman–Crippen MR) is 265 cm³/mol. The molecule has 3 unspecified atom stereocenters. The number of hydrogen-bond acceptors (Lipinski definition) is 15. The van der Waals surface area contributed by atoms with Crippen molar-refractivity contribution in [2.24, 2.45) is 5.41 Å². The normalized spacial score (nSPS) is 24.6. The molecule has 9 heterocycles. The number of carbonyl (C=O) groups excluding carboxylic acids is 3. The topological polar surface area (TPSA) is 205 Å². The quantitative estimate of drug-likeness (QED) is 0.106. The molecule has 0 spiro atoms. The van der Waals surface area contributed by atoms with Crippen molar-refractivity contribution in [3.05, 3.63) is 71.0 Å². The molecule has 7 atom stereocenters. The Morgan fingerprint density at radius 3 is 2.54 bits per heavy atom. The Kier molecular flexibility index (Phi) is 13.7. The number of aromatic nitrogens is 6. The monoisotopic (exact) mass is 992 g/mol. The van der Waals surface area contributed by atoms with Gasteiger partial charge in [-0.15, -0.1) is 11.3 Å². The van der Waals surface area contributed by atoms with Crippen molar-refractivity contribution >= 4 is 45.6 Å². The van der Waals surface area contributed by atoms with Gasteiger partial charge in [0, 0.05) is 73.8 Å². The van der Waals surface area contributed by atoms with E-state index < -0.39 is 35.4 Å². The average Bonchev–Trinajstić information content (AvgIpc) is 4.23. The van der Waals surface area contributed by atoms with E-state index in [4.69, 9.17) is 14.5 Å². The first-order valence-corrected chi connectivity index (χ1v) is 25.9. The summed E-state index contributed by atoms with van der Waals surface area (Å²) in [5.74, 6) is -0.0978. The lowest BCUT2D eigenvalue weighted by Gasteiger charge is -2.35. The molecule has 0 saturated carbocycles. The van der Waals surface area contributed by atoms with Crippen LogP contribution in [0.1, 0.15) is 89.1 Å². The van der Waals surface area contributed by atoms with E-state index in [0.29, 0.717) is 47.6 Å². The molecule has 5 aliphatic rings. The first kappa shape index (κ1) is 48.8. The van der Waals surface area contributed by atoms with E-state index in [0.717, 1.165) is 85.7 Å². The van der Waals surface area contributed by atoms with Gasteiger partial charge >= 0.3 is 0 Å². The Labute approximate surface area is 417 Å². The number of carbonyl (C=O) groups is 3. The maximum Gasteiger partial charge on any atom is 0.253 e. The Balaban J connectivity index is 0.711. The summed E-state index contributed by atoms with van der Waals surface area (Å²) in [6.45, 7) is 13.0. The largest absolute Gasteiger partial charge is 0.476 e. The number of anilines is 1. The Bertz CT molecular complexity index is 2750. The zero-order valence-corrected chi connectivity index (χ0v) is 42.0. The van der Waals surface area contributed by atoms with Gasteiger partial charge in [0.05, 0.1) is 59.2 Å². The number of piperazine rings is 1. The predicted octanol–water partition coefficient (Wildman–Crippen LogP) is 4.70. The van der Waals surface area contributed by atoms with Crippen LogP contribution in [0.3, 0.4) is 0 Å². The molecule has 4 N–H and O–H groups in total. The van der Waals surface area contributed by atoms with Gasteiger partial charge < -0.3 is 40.3 Å². The number of rotatable bonds is 16. The highest BCUT2D eigenvalue weighted by Crippen LogP contribution is 2.44. The third-order valence-corrected chi connectivity index (χ3v) is 16.2. The molecule has 5 aliphatic heterocycles. The molecule has 378 valence electrons. The van der Waals surface area contributed by atoms with Crippen LogP contribution in [-0.4, -0.2) is 144 Å². The number of aliphatic hydroxyl groups is 1. The Morgan fingerprint density at radius 2 is 1.79 bits per heavy atom. The fourth-order valence-electron chi connectivity index (χ4n) is 11.5. The van der Waals surface area contributed by atoms with Crippen molar-refractivity contribution in [3.8, 4) is 22.2 Å². The number of likely N-dealkylation sites (tertiary alicyclic amines) is 1. The molecule has 0 radical (unpaired) electrons. The van der Waals surface area contributed by atoms with Crippen molar-refractivity contribution in [1.82, 2.24) is 55.7 Å². The summed E-state index contributed by atoms with van der Waals surface area (Å²) in [5, 5.41) is 30.0. The minimum absolute atomic E-state index is 0.00412. The molecule has 3 amide bonds. The minimum Gasteiger partial charge on any atom is -0.476 e. The fourth-order valence-corrected chi connectivity index (χ4v) is 12.3. The van der Waals surface area contributed by atoms with E-state index in [2.05, 4.69) is 46.0 Å². The summed E-state index contributed by atoms with van der Waals surface area (Å²) in [6, 6.07) is 8.74. The van der Waals surface area contributed by atoms with E-state index in [1.807, 2.05) is 57.5 Å². The van der Waals surface area contributed by atoms with Crippen LogP contribution in [0.25, 0.3) is 21.2 Å². The summed E-state index contributed by atoms with van der Waals surface area (Å²) in [6.07, 6.45) is 8.80. The summed E-state index contributed by atoms with van der Waals surface area (Å²) in [5.41, 5.74) is 4.18. The van der Waals surface area contributed by atoms with Crippen LogP contribution in [-0.2, 0) is 27.5 Å². The van der Waals surface area contributed by atoms with E-state index in [-0.39, 0.29) is 61.7 Å². The molecular weight excluding hydrogens is 928 g/mol. The van der Waals surface area contributed by atoms with E-state index in [1.165, 1.54) is 4.90 Å². The number of benzene rings is 1. The molecule has 5 aromatic rings. The molecule has 71 heavy (non-hydrogen) atoms. The lowest BCUT2D eigenvalue weighted by atomic mass is 9.85. The maximum absolute atomic E-state index is 15.6. The van der Waals surface area contributed by atoms with Gasteiger partial charge in [0.25, 0.3) is 5.88 Å². The number of aliphatic hydroxyl groups excluding tert-OH is 1. The minimum atomic E-state index is -0.966. The zero-order valence-electron chi connectivity index (χ0n) is 41.2. The zero-order chi connectivity index (χ0) is 49.6. The molecular formula is C51H65FN12O6S. The van der Waals surface area contributed by atoms with Gasteiger partial charge in [-0.3, -0.25) is 24.3 Å². The number of pyridine rings is 2. The summed E-state index contributed by atoms with van der Waals surface area (Å²) in [4.78, 5) is 62.1. The first-order chi connectivity index (χ1) is 34.1. The van der Waals surface area contributed by atoms with Crippen molar-refractivity contribution in [3.63, 3.8) is 0 Å². The van der Waals surface area contributed by atoms with Gasteiger partial charge in [-0.2, -0.15) is 4.98 Å². The van der Waals surface area contributed by atoms with Gasteiger partial charge in [0.15, 0.2) is 5.82 Å². The number of amides is 3. The molecule has 5 fully saturated rings. The van der Waals surface area contributed by atoms with Crippen LogP contribution < -0.4 is 30.3 Å². The second-order valence-corrected chi connectivity index (χ2v) is 22.1. The molecule has 20 heteroatoms. The Morgan fingerprint density at radius 1 is 1.00 bits per heavy atom. The van der Waals surface area contributed by atoms with Crippen LogP contribution in [0, 0.1) is 25.1 Å². The highest BCUT2D eigenvalue weighted by Gasteiger charge is 2.50. The van der Waals surface area contributed by atoms with Crippen LogP contribution in [0.5, 0.6) is 11.8 Å². The van der Waals surface area contributed by atoms with Crippen molar-refractivity contribution in [2.45, 2.75) is 141 Å². The smallest absolute Gasteiger partial charge is 0.253 e. The van der Waals surface area contributed by atoms with Crippen molar-refractivity contribution in [1.29, 1.82) is 0 Å². The van der Waals surface area contributed by atoms with Crippen molar-refractivity contribution < 1.29 is 33.4 Å². The summed E-state index contributed by atoms with van der Waals surface area (Å²) in [7, 11) is 0. The standard InChI is InChI=1S/C51H65FN12O6S/c1-30-44(52)38-20-42(58-47(39(38)22-53-30)61-23-34-11-12-35(24-61)56-34)70-28-51-15-6-17-64(51)36(13-16-51)25-62-27-43(59-60-62)69-18-14-41(66)57-46(50(3,4)5)49(68)63-26-37(65)19-40(63)48(67)54-21-32-7-9-33(10-8-32)45-31(2)55-29-71-45/h7-10,20,22,27,29,34-37,40,46,56,65H,6,11-19,21,23-26,28H2,1-5H3,(H,54,67)(H,57,66)/t34?,35?,36?,37-,40+,46-,51+/m0/s1. The van der Waals surface area contributed by atoms with Gasteiger partial charge in [0.2, 0.25) is 23.6 Å². The summed E-state index contributed by atoms with van der Waals surface area (Å²) >= 11 is 1.57. The maximum atomic E-state index is 15.6. The number of thiazole rings is 1. The molecule has 10 rings (SSSR count). The second kappa shape index (κ2) is 20.0.